The van der Waals surface area contributed by atoms with Gasteiger partial charge in [-0.05, 0) is 30.2 Å². The van der Waals surface area contributed by atoms with Crippen molar-refractivity contribution >= 4 is 29.2 Å². The van der Waals surface area contributed by atoms with E-state index in [2.05, 4.69) is 10.3 Å². The molecule has 0 radical (unpaired) electrons. The van der Waals surface area contributed by atoms with Gasteiger partial charge >= 0.3 is 5.97 Å². The molecule has 1 amide bonds. The Balaban J connectivity index is 2.02. The fourth-order valence-electron chi connectivity index (χ4n) is 1.76. The number of halogens is 1. The van der Waals surface area contributed by atoms with Crippen molar-refractivity contribution in [1.29, 1.82) is 0 Å². The zero-order valence-electron chi connectivity index (χ0n) is 11.0. The molecule has 1 aromatic heterocycles. The van der Waals surface area contributed by atoms with Gasteiger partial charge in [-0.25, -0.2) is 0 Å². The van der Waals surface area contributed by atoms with Gasteiger partial charge in [0, 0.05) is 24.5 Å². The number of carbonyl (C=O) groups is 2. The lowest BCUT2D eigenvalue weighted by Gasteiger charge is -2.07. The number of nitrogens with one attached hydrogen (secondary N) is 1. The largest absolute Gasteiger partial charge is 0.481 e. The fourth-order valence-corrected chi connectivity index (χ4v) is 1.97. The van der Waals surface area contributed by atoms with Gasteiger partial charge < -0.3 is 10.4 Å². The summed E-state index contributed by atoms with van der Waals surface area (Å²) in [5.74, 6) is -1.15. The smallest absolute Gasteiger partial charge is 0.303 e. The van der Waals surface area contributed by atoms with Crippen LogP contribution in [0.2, 0.25) is 5.02 Å². The van der Waals surface area contributed by atoms with Crippen LogP contribution in [0.15, 0.2) is 42.7 Å². The first kappa shape index (κ1) is 15.0. The van der Waals surface area contributed by atoms with Crippen LogP contribution in [-0.2, 0) is 11.2 Å². The number of nitrogens with zero attached hydrogens (tertiary/aromatic N) is 1. The molecule has 2 aromatic rings. The second-order valence-corrected chi connectivity index (χ2v) is 4.81. The van der Waals surface area contributed by atoms with Crippen molar-refractivity contribution in [3.05, 3.63) is 58.9 Å². The minimum absolute atomic E-state index is 0.0817. The highest BCUT2D eigenvalue weighted by Crippen LogP contribution is 2.17. The summed E-state index contributed by atoms with van der Waals surface area (Å²) >= 11 is 5.90. The van der Waals surface area contributed by atoms with Crippen LogP contribution in [0, 0.1) is 0 Å². The molecule has 0 unspecified atom stereocenters. The van der Waals surface area contributed by atoms with Crippen LogP contribution >= 0.6 is 11.6 Å². The standard InChI is InChI=1S/C15H13ClN2O3/c16-13-9-17-8-7-12(13)15(21)18-11-4-1-10(2-5-11)3-6-14(19)20/h1-2,4-5,7-9H,3,6H2,(H,18,21)(H,19,20). The van der Waals surface area contributed by atoms with Crippen LogP contribution in [0.25, 0.3) is 0 Å². The highest BCUT2D eigenvalue weighted by molar-refractivity contribution is 6.34. The number of carboxylic acids is 1. The number of hydrogen-bond donors (Lipinski definition) is 2. The molecule has 1 aromatic carbocycles. The summed E-state index contributed by atoms with van der Waals surface area (Å²) < 4.78 is 0. The Morgan fingerprint density at radius 2 is 1.90 bits per heavy atom. The number of aryl methyl sites for hydroxylation is 1. The molecule has 0 spiro atoms. The van der Waals surface area contributed by atoms with Crippen molar-refractivity contribution in [3.63, 3.8) is 0 Å². The number of aliphatic carboxylic acids is 1. The van der Waals surface area contributed by atoms with Crippen molar-refractivity contribution in [2.45, 2.75) is 12.8 Å². The van der Waals surface area contributed by atoms with Gasteiger partial charge in [-0.2, -0.15) is 0 Å². The molecule has 0 bridgehead atoms. The van der Waals surface area contributed by atoms with E-state index in [-0.39, 0.29) is 17.4 Å². The van der Waals surface area contributed by atoms with Crippen LogP contribution in [0.4, 0.5) is 5.69 Å². The van der Waals surface area contributed by atoms with Crippen LogP contribution in [0.3, 0.4) is 0 Å². The molecule has 2 rings (SSSR count). The summed E-state index contributed by atoms with van der Waals surface area (Å²) in [4.78, 5) is 26.4. The van der Waals surface area contributed by atoms with Crippen LogP contribution < -0.4 is 5.32 Å². The van der Waals surface area contributed by atoms with E-state index in [1.807, 2.05) is 0 Å². The third kappa shape index (κ3) is 4.29. The predicted octanol–water partition coefficient (Wildman–Crippen LogP) is 3.00. The van der Waals surface area contributed by atoms with Crippen molar-refractivity contribution < 1.29 is 14.7 Å². The molecule has 0 atom stereocenters. The SMILES string of the molecule is O=C(O)CCc1ccc(NC(=O)c2ccncc2Cl)cc1. The lowest BCUT2D eigenvalue weighted by atomic mass is 10.1. The highest BCUT2D eigenvalue weighted by Gasteiger charge is 2.10. The van der Waals surface area contributed by atoms with E-state index in [1.54, 1.807) is 30.3 Å². The molecule has 0 saturated heterocycles. The Labute approximate surface area is 126 Å². The molecule has 0 fully saturated rings. The quantitative estimate of drug-likeness (QED) is 0.890. The topological polar surface area (TPSA) is 79.3 Å². The van der Waals surface area contributed by atoms with E-state index < -0.39 is 5.97 Å². The number of anilines is 1. The molecule has 21 heavy (non-hydrogen) atoms. The number of benzene rings is 1. The van der Waals surface area contributed by atoms with Crippen LogP contribution in [0.1, 0.15) is 22.3 Å². The molecule has 0 aliphatic heterocycles. The molecular formula is C15H13ClN2O3. The predicted molar refractivity (Wildman–Crippen MR) is 79.6 cm³/mol. The van der Waals surface area contributed by atoms with E-state index in [0.29, 0.717) is 17.7 Å². The maximum Gasteiger partial charge on any atom is 0.303 e. The molecule has 6 heteroatoms. The van der Waals surface area contributed by atoms with Gasteiger partial charge in [0.1, 0.15) is 0 Å². The molecule has 0 saturated carbocycles. The van der Waals surface area contributed by atoms with Gasteiger partial charge in [0.15, 0.2) is 0 Å². The summed E-state index contributed by atoms with van der Waals surface area (Å²) in [6.07, 6.45) is 3.44. The van der Waals surface area contributed by atoms with E-state index in [9.17, 15) is 9.59 Å². The normalized spacial score (nSPS) is 10.1. The monoisotopic (exact) mass is 304 g/mol. The first-order valence-corrected chi connectivity index (χ1v) is 6.65. The van der Waals surface area contributed by atoms with E-state index in [4.69, 9.17) is 16.7 Å². The minimum atomic E-state index is -0.834. The van der Waals surface area contributed by atoms with Gasteiger partial charge in [-0.3, -0.25) is 14.6 Å². The maximum atomic E-state index is 12.0. The summed E-state index contributed by atoms with van der Waals surface area (Å²) in [5.41, 5.74) is 1.87. The van der Waals surface area contributed by atoms with Crippen molar-refractivity contribution in [2.24, 2.45) is 0 Å². The minimum Gasteiger partial charge on any atom is -0.481 e. The van der Waals surface area contributed by atoms with E-state index in [1.165, 1.54) is 12.4 Å². The summed E-state index contributed by atoms with van der Waals surface area (Å²) in [6, 6.07) is 8.56. The van der Waals surface area contributed by atoms with Crippen LogP contribution in [0.5, 0.6) is 0 Å². The van der Waals surface area contributed by atoms with Gasteiger partial charge in [-0.1, -0.05) is 23.7 Å². The van der Waals surface area contributed by atoms with Gasteiger partial charge in [0.05, 0.1) is 10.6 Å². The molecule has 1 heterocycles. The molecule has 5 nitrogen and oxygen atoms in total. The number of amides is 1. The third-order valence-corrected chi connectivity index (χ3v) is 3.16. The number of rotatable bonds is 5. The van der Waals surface area contributed by atoms with Crippen LogP contribution in [-0.4, -0.2) is 22.0 Å². The first-order chi connectivity index (χ1) is 10.1. The second-order valence-electron chi connectivity index (χ2n) is 4.40. The van der Waals surface area contributed by atoms with Crippen molar-refractivity contribution in [3.8, 4) is 0 Å². The molecule has 0 aliphatic rings. The highest BCUT2D eigenvalue weighted by atomic mass is 35.5. The first-order valence-electron chi connectivity index (χ1n) is 6.28. The Kier molecular flexibility index (Phi) is 4.90. The van der Waals surface area contributed by atoms with E-state index >= 15 is 0 Å². The number of aromatic nitrogens is 1. The van der Waals surface area contributed by atoms with Gasteiger partial charge in [-0.15, -0.1) is 0 Å². The zero-order chi connectivity index (χ0) is 15.2. The number of pyridine rings is 1. The lowest BCUT2D eigenvalue weighted by molar-refractivity contribution is -0.136. The maximum absolute atomic E-state index is 12.0. The lowest BCUT2D eigenvalue weighted by Crippen LogP contribution is -2.12. The molecule has 0 aliphatic carbocycles. The molecule has 2 N–H and O–H groups in total. The van der Waals surface area contributed by atoms with Crippen molar-refractivity contribution in [1.82, 2.24) is 4.98 Å². The second kappa shape index (κ2) is 6.85. The number of carbonyl (C=O) groups excluding carboxylic acids is 1. The average Bonchev–Trinajstić information content (AvgIpc) is 2.47. The Morgan fingerprint density at radius 3 is 2.52 bits per heavy atom. The Bertz CT molecular complexity index is 656. The molecule has 108 valence electrons. The van der Waals surface area contributed by atoms with Gasteiger partial charge in [0.25, 0.3) is 5.91 Å². The summed E-state index contributed by atoms with van der Waals surface area (Å²) in [7, 11) is 0. The summed E-state index contributed by atoms with van der Waals surface area (Å²) in [6.45, 7) is 0. The average molecular weight is 305 g/mol. The van der Waals surface area contributed by atoms with E-state index in [0.717, 1.165) is 5.56 Å². The summed E-state index contributed by atoms with van der Waals surface area (Å²) in [5, 5.41) is 11.6. The Hall–Kier alpha value is -2.40. The number of carboxylic acid groups (broad SMARTS) is 1. The number of hydrogen-bond acceptors (Lipinski definition) is 3. The zero-order valence-corrected chi connectivity index (χ0v) is 11.8. The molecular weight excluding hydrogens is 292 g/mol. The third-order valence-electron chi connectivity index (χ3n) is 2.86. The Morgan fingerprint density at radius 1 is 1.19 bits per heavy atom. The van der Waals surface area contributed by atoms with Crippen molar-refractivity contribution in [2.75, 3.05) is 5.32 Å². The fraction of sp³-hybridized carbons (Fsp3) is 0.133. The van der Waals surface area contributed by atoms with Gasteiger partial charge in [0.2, 0.25) is 0 Å².